The highest BCUT2D eigenvalue weighted by atomic mass is 79.9. The summed E-state index contributed by atoms with van der Waals surface area (Å²) in [6.07, 6.45) is 1.77. The molecule has 0 bridgehead atoms. The second-order valence-corrected chi connectivity index (χ2v) is 6.30. The summed E-state index contributed by atoms with van der Waals surface area (Å²) in [6, 6.07) is 8.21. The SMILES string of the molecule is Cc1ccc(C)c(N=Cc2cc(Br)c(N3CCOCC3)o2)c1. The van der Waals surface area contributed by atoms with Gasteiger partial charge in [-0.25, -0.2) is 0 Å². The van der Waals surface area contributed by atoms with Gasteiger partial charge in [0.25, 0.3) is 0 Å². The van der Waals surface area contributed by atoms with Gasteiger partial charge in [0, 0.05) is 19.2 Å². The van der Waals surface area contributed by atoms with Crippen molar-refractivity contribution in [3.63, 3.8) is 0 Å². The molecule has 22 heavy (non-hydrogen) atoms. The quantitative estimate of drug-likeness (QED) is 0.766. The van der Waals surface area contributed by atoms with Gasteiger partial charge < -0.3 is 14.1 Å². The molecule has 0 atom stereocenters. The highest BCUT2D eigenvalue weighted by Crippen LogP contribution is 2.30. The lowest BCUT2D eigenvalue weighted by Gasteiger charge is -2.26. The van der Waals surface area contributed by atoms with Gasteiger partial charge in [0.05, 0.1) is 29.6 Å². The molecule has 1 aromatic carbocycles. The van der Waals surface area contributed by atoms with E-state index in [1.54, 1.807) is 6.21 Å². The van der Waals surface area contributed by atoms with E-state index in [4.69, 9.17) is 9.15 Å². The molecule has 0 unspecified atom stereocenters. The van der Waals surface area contributed by atoms with Crippen LogP contribution in [0.3, 0.4) is 0 Å². The van der Waals surface area contributed by atoms with Gasteiger partial charge in [-0.3, -0.25) is 4.99 Å². The Morgan fingerprint density at radius 2 is 1.95 bits per heavy atom. The van der Waals surface area contributed by atoms with E-state index in [1.807, 2.05) is 6.07 Å². The van der Waals surface area contributed by atoms with Crippen molar-refractivity contribution in [2.75, 3.05) is 31.2 Å². The number of benzene rings is 1. The Morgan fingerprint density at radius 1 is 1.18 bits per heavy atom. The van der Waals surface area contributed by atoms with Crippen LogP contribution in [0.4, 0.5) is 11.6 Å². The molecule has 116 valence electrons. The van der Waals surface area contributed by atoms with Gasteiger partial charge in [-0.15, -0.1) is 0 Å². The first-order valence-corrected chi connectivity index (χ1v) is 8.16. The predicted octanol–water partition coefficient (Wildman–Crippen LogP) is 4.25. The van der Waals surface area contributed by atoms with Gasteiger partial charge in [-0.2, -0.15) is 0 Å². The van der Waals surface area contributed by atoms with Crippen LogP contribution in [-0.4, -0.2) is 32.5 Å². The van der Waals surface area contributed by atoms with E-state index in [0.29, 0.717) is 0 Å². The highest BCUT2D eigenvalue weighted by molar-refractivity contribution is 9.10. The maximum Gasteiger partial charge on any atom is 0.210 e. The molecule has 1 aliphatic heterocycles. The number of rotatable bonds is 3. The van der Waals surface area contributed by atoms with Gasteiger partial charge in [-0.05, 0) is 47.0 Å². The van der Waals surface area contributed by atoms with Gasteiger partial charge in [0.2, 0.25) is 5.88 Å². The normalized spacial score (nSPS) is 15.7. The molecular weight excluding hydrogens is 344 g/mol. The molecule has 1 fully saturated rings. The van der Waals surface area contributed by atoms with Crippen LogP contribution in [-0.2, 0) is 4.74 Å². The Kier molecular flexibility index (Phi) is 4.64. The minimum Gasteiger partial charge on any atom is -0.438 e. The van der Waals surface area contributed by atoms with Crippen LogP contribution in [0.2, 0.25) is 0 Å². The Hall–Kier alpha value is -1.59. The summed E-state index contributed by atoms with van der Waals surface area (Å²) in [5.41, 5.74) is 3.33. The molecule has 0 aliphatic carbocycles. The smallest absolute Gasteiger partial charge is 0.210 e. The molecular formula is C17H19BrN2O2. The second kappa shape index (κ2) is 6.67. The topological polar surface area (TPSA) is 38.0 Å². The summed E-state index contributed by atoms with van der Waals surface area (Å²) in [5.74, 6) is 1.60. The van der Waals surface area contributed by atoms with E-state index < -0.39 is 0 Å². The molecule has 0 amide bonds. The van der Waals surface area contributed by atoms with Crippen molar-refractivity contribution in [1.82, 2.24) is 0 Å². The number of aliphatic imine (C=N–C) groups is 1. The Bertz CT molecular complexity index is 688. The fourth-order valence-corrected chi connectivity index (χ4v) is 2.97. The van der Waals surface area contributed by atoms with Crippen molar-refractivity contribution >= 4 is 33.7 Å². The summed E-state index contributed by atoms with van der Waals surface area (Å²) >= 11 is 3.57. The molecule has 2 heterocycles. The number of nitrogens with zero attached hydrogens (tertiary/aromatic N) is 2. The van der Waals surface area contributed by atoms with Gasteiger partial charge in [-0.1, -0.05) is 12.1 Å². The summed E-state index contributed by atoms with van der Waals surface area (Å²) in [4.78, 5) is 6.74. The average molecular weight is 363 g/mol. The van der Waals surface area contributed by atoms with E-state index in [2.05, 4.69) is 57.9 Å². The fourth-order valence-electron chi connectivity index (χ4n) is 2.41. The average Bonchev–Trinajstić information content (AvgIpc) is 2.90. The number of anilines is 1. The van der Waals surface area contributed by atoms with Gasteiger partial charge >= 0.3 is 0 Å². The van der Waals surface area contributed by atoms with Crippen molar-refractivity contribution in [2.24, 2.45) is 4.99 Å². The van der Waals surface area contributed by atoms with Crippen LogP contribution in [0.5, 0.6) is 0 Å². The first-order chi connectivity index (χ1) is 10.6. The summed E-state index contributed by atoms with van der Waals surface area (Å²) in [5, 5.41) is 0. The van der Waals surface area contributed by atoms with E-state index in [9.17, 15) is 0 Å². The standard InChI is InChI=1S/C17H19BrN2O2/c1-12-3-4-13(2)16(9-12)19-11-14-10-15(18)17(22-14)20-5-7-21-8-6-20/h3-4,9-11H,5-8H2,1-2H3. The van der Waals surface area contributed by atoms with Crippen LogP contribution in [0.15, 0.2) is 38.1 Å². The number of morpholine rings is 1. The molecule has 2 aromatic rings. The van der Waals surface area contributed by atoms with Crippen molar-refractivity contribution in [1.29, 1.82) is 0 Å². The Labute approximate surface area is 138 Å². The monoisotopic (exact) mass is 362 g/mol. The van der Waals surface area contributed by atoms with E-state index in [-0.39, 0.29) is 0 Å². The lowest BCUT2D eigenvalue weighted by Crippen LogP contribution is -2.36. The van der Waals surface area contributed by atoms with Crippen molar-refractivity contribution in [3.8, 4) is 0 Å². The number of ether oxygens (including phenoxy) is 1. The van der Waals surface area contributed by atoms with Crippen molar-refractivity contribution < 1.29 is 9.15 Å². The fraction of sp³-hybridized carbons (Fsp3) is 0.353. The molecule has 1 saturated heterocycles. The van der Waals surface area contributed by atoms with Gasteiger partial charge in [0.15, 0.2) is 0 Å². The van der Waals surface area contributed by atoms with E-state index >= 15 is 0 Å². The maximum atomic E-state index is 5.92. The second-order valence-electron chi connectivity index (χ2n) is 5.45. The molecule has 0 spiro atoms. The summed E-state index contributed by atoms with van der Waals surface area (Å²) < 4.78 is 12.2. The number of hydrogen-bond donors (Lipinski definition) is 0. The van der Waals surface area contributed by atoms with E-state index in [1.165, 1.54) is 5.56 Å². The molecule has 3 rings (SSSR count). The van der Waals surface area contributed by atoms with Crippen LogP contribution < -0.4 is 4.90 Å². The highest BCUT2D eigenvalue weighted by Gasteiger charge is 2.18. The minimum atomic E-state index is 0.735. The molecule has 1 aromatic heterocycles. The summed E-state index contributed by atoms with van der Waals surface area (Å²) in [7, 11) is 0. The molecule has 5 heteroatoms. The molecule has 0 saturated carbocycles. The summed E-state index contributed by atoms with van der Waals surface area (Å²) in [6.45, 7) is 7.29. The first kappa shape index (κ1) is 15.3. The number of halogens is 1. The first-order valence-electron chi connectivity index (χ1n) is 7.37. The lowest BCUT2D eigenvalue weighted by atomic mass is 10.1. The zero-order valence-electron chi connectivity index (χ0n) is 12.8. The Morgan fingerprint density at radius 3 is 2.73 bits per heavy atom. The molecule has 0 radical (unpaired) electrons. The third-order valence-corrected chi connectivity index (χ3v) is 4.25. The predicted molar refractivity (Wildman–Crippen MR) is 92.6 cm³/mol. The van der Waals surface area contributed by atoms with Crippen LogP contribution in [0, 0.1) is 13.8 Å². The van der Waals surface area contributed by atoms with Crippen LogP contribution >= 0.6 is 15.9 Å². The zero-order valence-corrected chi connectivity index (χ0v) is 14.4. The van der Waals surface area contributed by atoms with E-state index in [0.717, 1.165) is 53.7 Å². The molecule has 4 nitrogen and oxygen atoms in total. The number of hydrogen-bond acceptors (Lipinski definition) is 4. The van der Waals surface area contributed by atoms with Crippen molar-refractivity contribution in [2.45, 2.75) is 13.8 Å². The van der Waals surface area contributed by atoms with Crippen molar-refractivity contribution in [3.05, 3.63) is 45.6 Å². The third kappa shape index (κ3) is 3.42. The lowest BCUT2D eigenvalue weighted by molar-refractivity contribution is 0.120. The van der Waals surface area contributed by atoms with Crippen LogP contribution in [0.25, 0.3) is 0 Å². The number of aryl methyl sites for hydroxylation is 2. The number of furan rings is 1. The zero-order chi connectivity index (χ0) is 15.5. The third-order valence-electron chi connectivity index (χ3n) is 3.68. The molecule has 0 N–H and O–H groups in total. The molecule has 1 aliphatic rings. The Balaban J connectivity index is 1.80. The largest absolute Gasteiger partial charge is 0.438 e. The van der Waals surface area contributed by atoms with Gasteiger partial charge in [0.1, 0.15) is 5.76 Å². The maximum absolute atomic E-state index is 5.92. The van der Waals surface area contributed by atoms with Crippen LogP contribution in [0.1, 0.15) is 16.9 Å². The minimum absolute atomic E-state index is 0.735.